The van der Waals surface area contributed by atoms with Gasteiger partial charge in [0.05, 0.1) is 6.61 Å². The van der Waals surface area contributed by atoms with Gasteiger partial charge in [0, 0.05) is 25.0 Å². The average Bonchev–Trinajstić information content (AvgIpc) is 2.23. The molecule has 1 fully saturated rings. The highest BCUT2D eigenvalue weighted by Crippen LogP contribution is 2.16. The van der Waals surface area contributed by atoms with Crippen molar-refractivity contribution in [2.75, 3.05) is 18.5 Å². The molecule has 4 heteroatoms. The van der Waals surface area contributed by atoms with Crippen LogP contribution < -0.4 is 5.32 Å². The molecular formula is C10H15N3O. The summed E-state index contributed by atoms with van der Waals surface area (Å²) >= 11 is 0. The largest absolute Gasteiger partial charge is 0.381 e. The standard InChI is InChI=1S/C10H15N3O/c1-8-7-14-6-3-9(8)13-10-11-4-2-5-12-10/h2,4-5,8-9H,3,6-7H2,1H3,(H,11,12,13). The van der Waals surface area contributed by atoms with E-state index in [-0.39, 0.29) is 0 Å². The minimum absolute atomic E-state index is 0.436. The number of hydrogen-bond donors (Lipinski definition) is 1. The maximum atomic E-state index is 5.37. The van der Waals surface area contributed by atoms with Gasteiger partial charge in [-0.3, -0.25) is 0 Å². The smallest absolute Gasteiger partial charge is 0.222 e. The Morgan fingerprint density at radius 3 is 2.93 bits per heavy atom. The number of hydrogen-bond acceptors (Lipinski definition) is 4. The van der Waals surface area contributed by atoms with Crippen molar-refractivity contribution in [2.24, 2.45) is 5.92 Å². The van der Waals surface area contributed by atoms with Crippen LogP contribution >= 0.6 is 0 Å². The van der Waals surface area contributed by atoms with E-state index in [0.29, 0.717) is 17.9 Å². The van der Waals surface area contributed by atoms with Gasteiger partial charge in [0.25, 0.3) is 0 Å². The predicted molar refractivity (Wildman–Crippen MR) is 54.0 cm³/mol. The van der Waals surface area contributed by atoms with E-state index in [1.165, 1.54) is 0 Å². The summed E-state index contributed by atoms with van der Waals surface area (Å²) < 4.78 is 5.37. The Bertz CT molecular complexity index is 278. The Balaban J connectivity index is 1.96. The Kier molecular flexibility index (Phi) is 2.93. The molecule has 0 saturated carbocycles. The molecule has 0 bridgehead atoms. The van der Waals surface area contributed by atoms with Gasteiger partial charge in [0.2, 0.25) is 5.95 Å². The van der Waals surface area contributed by atoms with Crippen molar-refractivity contribution in [1.29, 1.82) is 0 Å². The van der Waals surface area contributed by atoms with Gasteiger partial charge in [-0.15, -0.1) is 0 Å². The van der Waals surface area contributed by atoms with Crippen LogP contribution in [0.5, 0.6) is 0 Å². The molecule has 2 unspecified atom stereocenters. The van der Waals surface area contributed by atoms with Gasteiger partial charge in [-0.25, -0.2) is 9.97 Å². The maximum Gasteiger partial charge on any atom is 0.222 e. The lowest BCUT2D eigenvalue weighted by atomic mass is 9.98. The fourth-order valence-electron chi connectivity index (χ4n) is 1.63. The van der Waals surface area contributed by atoms with E-state index in [9.17, 15) is 0 Å². The molecule has 14 heavy (non-hydrogen) atoms. The van der Waals surface area contributed by atoms with E-state index in [4.69, 9.17) is 4.74 Å². The lowest BCUT2D eigenvalue weighted by molar-refractivity contribution is 0.0536. The minimum Gasteiger partial charge on any atom is -0.381 e. The maximum absolute atomic E-state index is 5.37. The van der Waals surface area contributed by atoms with Crippen LogP contribution in [0.3, 0.4) is 0 Å². The van der Waals surface area contributed by atoms with Gasteiger partial charge in [0.15, 0.2) is 0 Å². The summed E-state index contributed by atoms with van der Waals surface area (Å²) in [6.07, 6.45) is 4.53. The van der Waals surface area contributed by atoms with Crippen LogP contribution in [0.2, 0.25) is 0 Å². The normalized spacial score (nSPS) is 27.2. The van der Waals surface area contributed by atoms with Crippen LogP contribution in [0.15, 0.2) is 18.5 Å². The average molecular weight is 193 g/mol. The van der Waals surface area contributed by atoms with Crippen molar-refractivity contribution < 1.29 is 4.74 Å². The summed E-state index contributed by atoms with van der Waals surface area (Å²) in [5.74, 6) is 1.24. The molecule has 0 amide bonds. The van der Waals surface area contributed by atoms with Crippen LogP contribution in [0.25, 0.3) is 0 Å². The van der Waals surface area contributed by atoms with Crippen LogP contribution in [-0.2, 0) is 4.74 Å². The van der Waals surface area contributed by atoms with Crippen LogP contribution in [0, 0.1) is 5.92 Å². The van der Waals surface area contributed by atoms with E-state index in [0.717, 1.165) is 19.6 Å². The minimum atomic E-state index is 0.436. The first-order valence-electron chi connectivity index (χ1n) is 4.97. The number of anilines is 1. The van der Waals surface area contributed by atoms with E-state index >= 15 is 0 Å². The molecule has 0 aliphatic carbocycles. The van der Waals surface area contributed by atoms with Gasteiger partial charge in [0.1, 0.15) is 0 Å². The highest BCUT2D eigenvalue weighted by molar-refractivity contribution is 5.24. The number of nitrogens with zero attached hydrogens (tertiary/aromatic N) is 2. The molecule has 0 aromatic carbocycles. The zero-order chi connectivity index (χ0) is 9.80. The van der Waals surface area contributed by atoms with E-state index in [2.05, 4.69) is 22.2 Å². The van der Waals surface area contributed by atoms with Crippen molar-refractivity contribution in [2.45, 2.75) is 19.4 Å². The third-order valence-corrected chi connectivity index (χ3v) is 2.52. The second-order valence-corrected chi connectivity index (χ2v) is 3.66. The van der Waals surface area contributed by atoms with Crippen LogP contribution in [0.1, 0.15) is 13.3 Å². The van der Waals surface area contributed by atoms with Crippen molar-refractivity contribution in [3.8, 4) is 0 Å². The molecule has 1 aliphatic rings. The lowest BCUT2D eigenvalue weighted by Gasteiger charge is -2.29. The number of nitrogens with one attached hydrogen (secondary N) is 1. The fraction of sp³-hybridized carbons (Fsp3) is 0.600. The predicted octanol–water partition coefficient (Wildman–Crippen LogP) is 1.31. The highest BCUT2D eigenvalue weighted by Gasteiger charge is 2.21. The zero-order valence-corrected chi connectivity index (χ0v) is 8.31. The first-order valence-corrected chi connectivity index (χ1v) is 4.97. The monoisotopic (exact) mass is 193 g/mol. The molecule has 1 aromatic rings. The van der Waals surface area contributed by atoms with Crippen molar-refractivity contribution in [3.05, 3.63) is 18.5 Å². The van der Waals surface area contributed by atoms with E-state index < -0.39 is 0 Å². The molecule has 2 rings (SSSR count). The molecule has 1 N–H and O–H groups in total. The zero-order valence-electron chi connectivity index (χ0n) is 8.31. The second-order valence-electron chi connectivity index (χ2n) is 3.66. The van der Waals surface area contributed by atoms with Gasteiger partial charge in [-0.1, -0.05) is 6.92 Å². The van der Waals surface area contributed by atoms with Crippen molar-refractivity contribution >= 4 is 5.95 Å². The van der Waals surface area contributed by atoms with Crippen LogP contribution in [0.4, 0.5) is 5.95 Å². The second kappa shape index (κ2) is 4.37. The van der Waals surface area contributed by atoms with Gasteiger partial charge >= 0.3 is 0 Å². The molecule has 0 spiro atoms. The Hall–Kier alpha value is -1.16. The van der Waals surface area contributed by atoms with E-state index in [1.54, 1.807) is 12.4 Å². The Morgan fingerprint density at radius 2 is 2.21 bits per heavy atom. The molecular weight excluding hydrogens is 178 g/mol. The van der Waals surface area contributed by atoms with Crippen LogP contribution in [-0.4, -0.2) is 29.2 Å². The molecule has 1 aromatic heterocycles. The molecule has 2 atom stereocenters. The topological polar surface area (TPSA) is 47.0 Å². The summed E-state index contributed by atoms with van der Waals surface area (Å²) in [5, 5.41) is 3.33. The van der Waals surface area contributed by atoms with Crippen molar-refractivity contribution in [1.82, 2.24) is 9.97 Å². The Labute approximate surface area is 83.7 Å². The molecule has 4 nitrogen and oxygen atoms in total. The molecule has 76 valence electrons. The summed E-state index contributed by atoms with van der Waals surface area (Å²) in [6.45, 7) is 3.83. The summed E-state index contributed by atoms with van der Waals surface area (Å²) in [7, 11) is 0. The first kappa shape index (κ1) is 9.40. The number of rotatable bonds is 2. The molecule has 2 heterocycles. The third kappa shape index (κ3) is 2.20. The number of aromatic nitrogens is 2. The quantitative estimate of drug-likeness (QED) is 0.769. The van der Waals surface area contributed by atoms with Gasteiger partial charge in [-0.2, -0.15) is 0 Å². The molecule has 1 saturated heterocycles. The van der Waals surface area contributed by atoms with Gasteiger partial charge < -0.3 is 10.1 Å². The summed E-state index contributed by atoms with van der Waals surface area (Å²) in [5.41, 5.74) is 0. The fourth-order valence-corrected chi connectivity index (χ4v) is 1.63. The summed E-state index contributed by atoms with van der Waals surface area (Å²) in [6, 6.07) is 2.25. The highest BCUT2D eigenvalue weighted by atomic mass is 16.5. The van der Waals surface area contributed by atoms with Gasteiger partial charge in [-0.05, 0) is 18.4 Å². The first-order chi connectivity index (χ1) is 6.86. The molecule has 0 radical (unpaired) electrons. The number of ether oxygens (including phenoxy) is 1. The Morgan fingerprint density at radius 1 is 1.43 bits per heavy atom. The SMILES string of the molecule is CC1COCCC1Nc1ncccn1. The van der Waals surface area contributed by atoms with E-state index in [1.807, 2.05) is 6.07 Å². The summed E-state index contributed by atoms with van der Waals surface area (Å²) in [4.78, 5) is 8.29. The third-order valence-electron chi connectivity index (χ3n) is 2.52. The lowest BCUT2D eigenvalue weighted by Crippen LogP contribution is -2.36. The van der Waals surface area contributed by atoms with Crippen molar-refractivity contribution in [3.63, 3.8) is 0 Å². The molecule has 1 aliphatic heterocycles.